The maximum Gasteiger partial charge on any atom is 0.122 e. The Morgan fingerprint density at radius 1 is 0.938 bits per heavy atom. The zero-order chi connectivity index (χ0) is 12.5. The normalized spacial score (nSPS) is 9.44. The van der Waals surface area contributed by atoms with Crippen LogP contribution in [0.5, 0.6) is 0 Å². The molecular weight excluding hydrogens is 214 g/mol. The molecule has 0 aliphatic rings. The molecule has 6 heteroatoms. The van der Waals surface area contributed by atoms with Gasteiger partial charge in [-0.3, -0.25) is 0 Å². The first kappa shape index (κ1) is 17.9. The fourth-order valence-corrected chi connectivity index (χ4v) is 0.757. The summed E-state index contributed by atoms with van der Waals surface area (Å²) in [7, 11) is 1.00. The van der Waals surface area contributed by atoms with Gasteiger partial charge in [-0.15, -0.1) is 0 Å². The lowest BCUT2D eigenvalue weighted by Gasteiger charge is -2.05. The second-order valence-electron chi connectivity index (χ2n) is 2.58. The molecule has 0 spiro atoms. The van der Waals surface area contributed by atoms with E-state index in [0.29, 0.717) is 52.6 Å². The molecule has 98 valence electrons. The molecule has 0 saturated heterocycles. The van der Waals surface area contributed by atoms with Crippen molar-refractivity contribution in [1.29, 1.82) is 0 Å². The third-order valence-corrected chi connectivity index (χ3v) is 1.39. The summed E-state index contributed by atoms with van der Waals surface area (Å²) >= 11 is 0. The van der Waals surface area contributed by atoms with Crippen LogP contribution in [0.25, 0.3) is 0 Å². The molecular formula is C10H23NO5. The highest BCUT2D eigenvalue weighted by Gasteiger charge is 1.90. The summed E-state index contributed by atoms with van der Waals surface area (Å²) in [5.41, 5.74) is 5.22. The molecule has 0 aromatic rings. The molecule has 3 N–H and O–H groups in total. The van der Waals surface area contributed by atoms with Crippen LogP contribution in [0.3, 0.4) is 0 Å². The molecule has 0 fully saturated rings. The topological polar surface area (TPSA) is 91.0 Å². The third-order valence-electron chi connectivity index (χ3n) is 1.39. The van der Waals surface area contributed by atoms with Gasteiger partial charge in [0.15, 0.2) is 0 Å². The smallest absolute Gasteiger partial charge is 0.122 e. The van der Waals surface area contributed by atoms with Crippen LogP contribution < -0.4 is 5.73 Å². The van der Waals surface area contributed by atoms with E-state index >= 15 is 0 Å². The summed E-state index contributed by atoms with van der Waals surface area (Å²) in [5.74, 6) is 0. The van der Waals surface area contributed by atoms with Crippen LogP contribution in [0.4, 0.5) is 0 Å². The molecule has 0 radical (unpaired) electrons. The maximum absolute atomic E-state index is 9.90. The molecule has 0 aromatic heterocycles. The zero-order valence-corrected chi connectivity index (χ0v) is 9.89. The van der Waals surface area contributed by atoms with Gasteiger partial charge in [-0.05, 0) is 0 Å². The first-order valence-electron chi connectivity index (χ1n) is 5.23. The number of hydrogen-bond donors (Lipinski definition) is 2. The number of ether oxygens (including phenoxy) is 3. The van der Waals surface area contributed by atoms with Gasteiger partial charge in [-0.25, -0.2) is 0 Å². The molecule has 16 heavy (non-hydrogen) atoms. The number of carbonyl (C=O) groups excluding carboxylic acids is 1. The first-order chi connectivity index (χ1) is 7.91. The van der Waals surface area contributed by atoms with E-state index in [1.165, 1.54) is 0 Å². The van der Waals surface area contributed by atoms with Crippen molar-refractivity contribution in [2.75, 3.05) is 53.3 Å². The Morgan fingerprint density at radius 3 is 1.81 bits per heavy atom. The number of nitrogens with two attached hydrogens (primary N) is 1. The molecule has 0 rings (SSSR count). The van der Waals surface area contributed by atoms with Gasteiger partial charge in [0.2, 0.25) is 0 Å². The summed E-state index contributed by atoms with van der Waals surface area (Å²) in [6.07, 6.45) is 1.28. The Bertz CT molecular complexity index is 124. The van der Waals surface area contributed by atoms with Crippen molar-refractivity contribution in [3.63, 3.8) is 0 Å². The molecule has 0 aliphatic carbocycles. The van der Waals surface area contributed by atoms with Crippen molar-refractivity contribution in [2.45, 2.75) is 6.42 Å². The van der Waals surface area contributed by atoms with Crippen LogP contribution in [0.15, 0.2) is 0 Å². The number of hydrogen-bond acceptors (Lipinski definition) is 6. The Kier molecular flexibility index (Phi) is 22.3. The van der Waals surface area contributed by atoms with Crippen LogP contribution >= 0.6 is 0 Å². The standard InChI is InChI=1S/C9H19NO4.CH4O/c10-2-5-13-7-9-14-8-6-12-4-1-3-11;1-2/h3H,1-2,4-10H2;2H,1H3. The summed E-state index contributed by atoms with van der Waals surface area (Å²) < 4.78 is 15.4. The first-order valence-corrected chi connectivity index (χ1v) is 5.23. The van der Waals surface area contributed by atoms with Gasteiger partial charge in [-0.2, -0.15) is 0 Å². The minimum absolute atomic E-state index is 0.444. The highest BCUT2D eigenvalue weighted by molar-refractivity contribution is 5.49. The van der Waals surface area contributed by atoms with Crippen LogP contribution in [0.1, 0.15) is 6.42 Å². The molecule has 6 nitrogen and oxygen atoms in total. The van der Waals surface area contributed by atoms with Gasteiger partial charge in [0.05, 0.1) is 39.6 Å². The van der Waals surface area contributed by atoms with Crippen molar-refractivity contribution >= 4 is 6.29 Å². The average molecular weight is 237 g/mol. The second-order valence-corrected chi connectivity index (χ2v) is 2.58. The van der Waals surface area contributed by atoms with Crippen molar-refractivity contribution in [3.8, 4) is 0 Å². The summed E-state index contributed by atoms with van der Waals surface area (Å²) in [4.78, 5) is 9.90. The van der Waals surface area contributed by atoms with Crippen LogP contribution in [0.2, 0.25) is 0 Å². The van der Waals surface area contributed by atoms with Gasteiger partial charge in [-0.1, -0.05) is 0 Å². The Balaban J connectivity index is 0. The number of carbonyl (C=O) groups is 1. The molecule has 0 bridgehead atoms. The third kappa shape index (κ3) is 19.1. The molecule has 0 aliphatic heterocycles. The van der Waals surface area contributed by atoms with Crippen molar-refractivity contribution in [1.82, 2.24) is 0 Å². The predicted octanol–water partition coefficient (Wildman–Crippen LogP) is -0.808. The van der Waals surface area contributed by atoms with E-state index in [9.17, 15) is 4.79 Å². The van der Waals surface area contributed by atoms with Crippen LogP contribution in [0, 0.1) is 0 Å². The lowest BCUT2D eigenvalue weighted by molar-refractivity contribution is -0.108. The molecule has 0 amide bonds. The van der Waals surface area contributed by atoms with Gasteiger partial charge in [0, 0.05) is 20.1 Å². The lowest BCUT2D eigenvalue weighted by atomic mass is 10.5. The summed E-state index contributed by atoms with van der Waals surface area (Å²) in [6.45, 7) is 3.74. The largest absolute Gasteiger partial charge is 0.400 e. The number of aliphatic hydroxyl groups is 1. The zero-order valence-electron chi connectivity index (χ0n) is 9.89. The van der Waals surface area contributed by atoms with E-state index < -0.39 is 0 Å². The van der Waals surface area contributed by atoms with E-state index in [0.717, 1.165) is 13.4 Å². The Hall–Kier alpha value is -0.530. The van der Waals surface area contributed by atoms with Crippen LogP contribution in [-0.4, -0.2) is 64.7 Å². The van der Waals surface area contributed by atoms with Crippen molar-refractivity contribution < 1.29 is 24.1 Å². The average Bonchev–Trinajstić information content (AvgIpc) is 2.34. The highest BCUT2D eigenvalue weighted by Crippen LogP contribution is 1.82. The van der Waals surface area contributed by atoms with E-state index in [1.807, 2.05) is 0 Å². The Morgan fingerprint density at radius 2 is 1.38 bits per heavy atom. The minimum Gasteiger partial charge on any atom is -0.400 e. The lowest BCUT2D eigenvalue weighted by Crippen LogP contribution is -2.13. The van der Waals surface area contributed by atoms with E-state index in [-0.39, 0.29) is 0 Å². The van der Waals surface area contributed by atoms with Gasteiger partial charge >= 0.3 is 0 Å². The molecule has 0 aromatic carbocycles. The molecule has 0 unspecified atom stereocenters. The van der Waals surface area contributed by atoms with Gasteiger partial charge < -0.3 is 29.8 Å². The molecule has 0 heterocycles. The second kappa shape index (κ2) is 20.0. The van der Waals surface area contributed by atoms with E-state index in [2.05, 4.69) is 0 Å². The van der Waals surface area contributed by atoms with Crippen molar-refractivity contribution in [3.05, 3.63) is 0 Å². The summed E-state index contributed by atoms with van der Waals surface area (Å²) in [5, 5.41) is 7.00. The SMILES string of the molecule is CO.NCCOCCOCCOCCC=O. The van der Waals surface area contributed by atoms with Crippen molar-refractivity contribution in [2.24, 2.45) is 5.73 Å². The predicted molar refractivity (Wildman–Crippen MR) is 60.3 cm³/mol. The fraction of sp³-hybridized carbons (Fsp3) is 0.900. The fourth-order valence-electron chi connectivity index (χ4n) is 0.757. The minimum atomic E-state index is 0.444. The monoisotopic (exact) mass is 237 g/mol. The van der Waals surface area contributed by atoms with E-state index in [1.54, 1.807) is 0 Å². The molecule has 0 saturated carbocycles. The quantitative estimate of drug-likeness (QED) is 0.361. The number of rotatable bonds is 11. The van der Waals surface area contributed by atoms with E-state index in [4.69, 9.17) is 25.1 Å². The number of aliphatic hydroxyl groups excluding tert-OH is 1. The summed E-state index contributed by atoms with van der Waals surface area (Å²) in [6, 6.07) is 0. The highest BCUT2D eigenvalue weighted by atomic mass is 16.5. The van der Waals surface area contributed by atoms with Gasteiger partial charge in [0.1, 0.15) is 6.29 Å². The number of aldehydes is 1. The van der Waals surface area contributed by atoms with Crippen LogP contribution in [-0.2, 0) is 19.0 Å². The van der Waals surface area contributed by atoms with Gasteiger partial charge in [0.25, 0.3) is 0 Å². The maximum atomic E-state index is 9.90. The molecule has 0 atom stereocenters. The Labute approximate surface area is 96.7 Å².